The molecule has 0 aliphatic heterocycles. The van der Waals surface area contributed by atoms with Crippen LogP contribution in [0, 0.1) is 5.92 Å². The van der Waals surface area contributed by atoms with Gasteiger partial charge >= 0.3 is 0 Å². The smallest absolute Gasteiger partial charge is 0.0944 e. The summed E-state index contributed by atoms with van der Waals surface area (Å²) in [6, 6.07) is 0.254. The normalized spacial score (nSPS) is 14.3. The van der Waals surface area contributed by atoms with Gasteiger partial charge in [-0.1, -0.05) is 47.5 Å². The Labute approximate surface area is 110 Å². The fourth-order valence-corrected chi connectivity index (χ4v) is 3.11. The van der Waals surface area contributed by atoms with Crippen LogP contribution in [0.4, 0.5) is 0 Å². The second-order valence-corrected chi connectivity index (χ2v) is 6.76. The minimum atomic E-state index is 0.147. The van der Waals surface area contributed by atoms with Gasteiger partial charge in [-0.3, -0.25) is 0 Å². The molecule has 0 aliphatic rings. The fraction of sp³-hybridized carbons (Fsp3) is 0.786. The summed E-state index contributed by atoms with van der Waals surface area (Å²) in [5.41, 5.74) is 7.59. The lowest BCUT2D eigenvalue weighted by molar-refractivity contribution is 0.392. The number of aromatic nitrogens is 1. The standard InChI is InChI=1S/C14H26N2S/c1-6-10(7-2)11(15)8-13-16-12(9-17-13)14(3,4)5/h9-11H,6-8,15H2,1-5H3. The van der Waals surface area contributed by atoms with Crippen molar-refractivity contribution in [3.8, 4) is 0 Å². The maximum absolute atomic E-state index is 6.26. The highest BCUT2D eigenvalue weighted by atomic mass is 32.1. The number of nitrogens with two attached hydrogens (primary N) is 1. The molecule has 2 N–H and O–H groups in total. The number of hydrogen-bond acceptors (Lipinski definition) is 3. The molecule has 3 heteroatoms. The van der Waals surface area contributed by atoms with Crippen molar-refractivity contribution in [2.75, 3.05) is 0 Å². The Morgan fingerprint density at radius 2 is 1.88 bits per heavy atom. The Balaban J connectivity index is 2.66. The van der Waals surface area contributed by atoms with Gasteiger partial charge in [0.15, 0.2) is 0 Å². The second kappa shape index (κ2) is 5.96. The summed E-state index contributed by atoms with van der Waals surface area (Å²) in [5, 5.41) is 3.36. The second-order valence-electron chi connectivity index (χ2n) is 5.82. The number of hydrogen-bond donors (Lipinski definition) is 1. The molecule has 0 fully saturated rings. The minimum absolute atomic E-state index is 0.147. The molecular weight excluding hydrogens is 228 g/mol. The molecule has 1 atom stereocenters. The van der Waals surface area contributed by atoms with Crippen LogP contribution >= 0.6 is 11.3 Å². The summed E-state index contributed by atoms with van der Waals surface area (Å²) in [4.78, 5) is 4.71. The van der Waals surface area contributed by atoms with Gasteiger partial charge in [0.25, 0.3) is 0 Å². The van der Waals surface area contributed by atoms with Crippen LogP contribution < -0.4 is 5.73 Å². The average molecular weight is 254 g/mol. The van der Waals surface area contributed by atoms with Crippen LogP contribution in [0.15, 0.2) is 5.38 Å². The summed E-state index contributed by atoms with van der Waals surface area (Å²) in [5.74, 6) is 0.622. The van der Waals surface area contributed by atoms with Gasteiger partial charge < -0.3 is 5.73 Å². The van der Waals surface area contributed by atoms with Gasteiger partial charge in [0.05, 0.1) is 10.7 Å². The van der Waals surface area contributed by atoms with E-state index in [2.05, 4.69) is 40.0 Å². The first kappa shape index (κ1) is 14.7. The van der Waals surface area contributed by atoms with Crippen molar-refractivity contribution in [3.05, 3.63) is 16.1 Å². The summed E-state index contributed by atoms with van der Waals surface area (Å²) < 4.78 is 0. The third kappa shape index (κ3) is 4.07. The molecule has 0 saturated heterocycles. The lowest BCUT2D eigenvalue weighted by atomic mass is 9.92. The van der Waals surface area contributed by atoms with E-state index in [4.69, 9.17) is 10.7 Å². The van der Waals surface area contributed by atoms with Gasteiger partial charge in [-0.05, 0) is 5.92 Å². The van der Waals surface area contributed by atoms with Crippen molar-refractivity contribution >= 4 is 11.3 Å². The maximum atomic E-state index is 6.26. The molecule has 1 unspecified atom stereocenters. The first-order valence-electron chi connectivity index (χ1n) is 6.58. The highest BCUT2D eigenvalue weighted by Gasteiger charge is 2.20. The van der Waals surface area contributed by atoms with Crippen LogP contribution in [0.25, 0.3) is 0 Å². The van der Waals surface area contributed by atoms with Crippen LogP contribution in [-0.4, -0.2) is 11.0 Å². The largest absolute Gasteiger partial charge is 0.327 e. The highest BCUT2D eigenvalue weighted by molar-refractivity contribution is 7.09. The minimum Gasteiger partial charge on any atom is -0.327 e. The van der Waals surface area contributed by atoms with E-state index in [9.17, 15) is 0 Å². The topological polar surface area (TPSA) is 38.9 Å². The number of thiazole rings is 1. The number of nitrogens with zero attached hydrogens (tertiary/aromatic N) is 1. The van der Waals surface area contributed by atoms with E-state index in [0.29, 0.717) is 5.92 Å². The van der Waals surface area contributed by atoms with E-state index in [0.717, 1.165) is 19.3 Å². The van der Waals surface area contributed by atoms with Crippen molar-refractivity contribution in [2.24, 2.45) is 11.7 Å². The molecule has 0 spiro atoms. The Kier molecular flexibility index (Phi) is 5.14. The molecule has 0 radical (unpaired) electrons. The predicted molar refractivity (Wildman–Crippen MR) is 76.6 cm³/mol. The Morgan fingerprint density at radius 3 is 2.29 bits per heavy atom. The van der Waals surface area contributed by atoms with Gasteiger partial charge in [0.2, 0.25) is 0 Å². The van der Waals surface area contributed by atoms with E-state index in [-0.39, 0.29) is 11.5 Å². The molecule has 1 aromatic heterocycles. The van der Waals surface area contributed by atoms with E-state index in [1.165, 1.54) is 10.7 Å². The average Bonchev–Trinajstić information content (AvgIpc) is 2.67. The highest BCUT2D eigenvalue weighted by Crippen LogP contribution is 2.25. The molecule has 1 rings (SSSR count). The summed E-state index contributed by atoms with van der Waals surface area (Å²) in [6.45, 7) is 11.0. The Hall–Kier alpha value is -0.410. The quantitative estimate of drug-likeness (QED) is 0.869. The zero-order chi connectivity index (χ0) is 13.1. The Bertz CT molecular complexity index is 334. The molecular formula is C14H26N2S. The molecule has 0 aromatic carbocycles. The molecule has 0 bridgehead atoms. The third-order valence-corrected chi connectivity index (χ3v) is 4.26. The molecule has 0 saturated carbocycles. The predicted octanol–water partition coefficient (Wildman–Crippen LogP) is 3.75. The molecule has 2 nitrogen and oxygen atoms in total. The van der Waals surface area contributed by atoms with Crippen LogP contribution in [0.3, 0.4) is 0 Å². The van der Waals surface area contributed by atoms with Crippen molar-refractivity contribution in [2.45, 2.75) is 65.3 Å². The van der Waals surface area contributed by atoms with Gasteiger partial charge in [0, 0.05) is 23.3 Å². The molecule has 98 valence electrons. The fourth-order valence-electron chi connectivity index (χ4n) is 2.01. The van der Waals surface area contributed by atoms with Gasteiger partial charge in [-0.25, -0.2) is 4.98 Å². The van der Waals surface area contributed by atoms with Crippen LogP contribution in [0.2, 0.25) is 0 Å². The van der Waals surface area contributed by atoms with E-state index in [1.54, 1.807) is 11.3 Å². The van der Waals surface area contributed by atoms with E-state index < -0.39 is 0 Å². The summed E-state index contributed by atoms with van der Waals surface area (Å²) in [7, 11) is 0. The third-order valence-electron chi connectivity index (χ3n) is 3.38. The van der Waals surface area contributed by atoms with Gasteiger partial charge in [0.1, 0.15) is 0 Å². The van der Waals surface area contributed by atoms with Crippen LogP contribution in [-0.2, 0) is 11.8 Å². The molecule has 0 aliphatic carbocycles. The Morgan fingerprint density at radius 1 is 1.29 bits per heavy atom. The molecule has 17 heavy (non-hydrogen) atoms. The molecule has 1 heterocycles. The van der Waals surface area contributed by atoms with Crippen molar-refractivity contribution in [1.29, 1.82) is 0 Å². The lowest BCUT2D eigenvalue weighted by Gasteiger charge is -2.20. The summed E-state index contributed by atoms with van der Waals surface area (Å²) >= 11 is 1.75. The maximum Gasteiger partial charge on any atom is 0.0944 e. The van der Waals surface area contributed by atoms with Crippen molar-refractivity contribution in [3.63, 3.8) is 0 Å². The zero-order valence-corrected chi connectivity index (χ0v) is 12.6. The number of rotatable bonds is 5. The van der Waals surface area contributed by atoms with E-state index >= 15 is 0 Å². The first-order valence-corrected chi connectivity index (χ1v) is 7.46. The summed E-state index contributed by atoms with van der Waals surface area (Å²) in [6.07, 6.45) is 3.25. The first-order chi connectivity index (χ1) is 7.88. The molecule has 1 aromatic rings. The van der Waals surface area contributed by atoms with Crippen molar-refractivity contribution in [1.82, 2.24) is 4.98 Å². The van der Waals surface area contributed by atoms with Gasteiger partial charge in [-0.2, -0.15) is 0 Å². The van der Waals surface area contributed by atoms with Crippen LogP contribution in [0.5, 0.6) is 0 Å². The van der Waals surface area contributed by atoms with Gasteiger partial charge in [-0.15, -0.1) is 11.3 Å². The molecule has 0 amide bonds. The SMILES string of the molecule is CCC(CC)C(N)Cc1nc(C(C)(C)C)cs1. The van der Waals surface area contributed by atoms with Crippen molar-refractivity contribution < 1.29 is 0 Å². The zero-order valence-electron chi connectivity index (χ0n) is 11.8. The van der Waals surface area contributed by atoms with E-state index in [1.807, 2.05) is 0 Å². The van der Waals surface area contributed by atoms with Crippen LogP contribution in [0.1, 0.15) is 58.2 Å². The monoisotopic (exact) mass is 254 g/mol. The lowest BCUT2D eigenvalue weighted by Crippen LogP contribution is -2.31.